The monoisotopic (exact) mass is 267 g/mol. The van der Waals surface area contributed by atoms with Crippen LogP contribution in [-0.2, 0) is 23.2 Å². The van der Waals surface area contributed by atoms with Crippen molar-refractivity contribution in [3.05, 3.63) is 29.3 Å². The molecule has 0 heterocycles. The molecule has 4 nitrogen and oxygen atoms in total. The van der Waals surface area contributed by atoms with Gasteiger partial charge in [0.25, 0.3) is 0 Å². The molecule has 0 bridgehead atoms. The van der Waals surface area contributed by atoms with E-state index in [1.807, 2.05) is 6.07 Å². The zero-order chi connectivity index (χ0) is 10.9. The van der Waals surface area contributed by atoms with Crippen molar-refractivity contribution in [2.45, 2.75) is 25.7 Å². The van der Waals surface area contributed by atoms with Crippen molar-refractivity contribution in [2.24, 2.45) is 0 Å². The largest absolute Gasteiger partial charge is 0.446 e. The molecule has 1 aliphatic rings. The molecule has 0 saturated heterocycles. The van der Waals surface area contributed by atoms with Crippen molar-refractivity contribution >= 4 is 61.8 Å². The van der Waals surface area contributed by atoms with Crippen LogP contribution in [0.3, 0.4) is 0 Å². The van der Waals surface area contributed by atoms with Crippen molar-refractivity contribution in [1.29, 1.82) is 0 Å². The van der Waals surface area contributed by atoms with E-state index in [0.29, 0.717) is 0 Å². The van der Waals surface area contributed by atoms with Gasteiger partial charge in [0, 0.05) is 51.4 Å². The summed E-state index contributed by atoms with van der Waals surface area (Å²) in [7, 11) is -4.40. The SMILES string of the molecule is O=S(=O)(O)Oc1ccc2c(c1)CCCC2.[K]. The maximum absolute atomic E-state index is 10.5. The summed E-state index contributed by atoms with van der Waals surface area (Å²) in [5, 5.41) is 0. The van der Waals surface area contributed by atoms with Gasteiger partial charge in [-0.05, 0) is 48.9 Å². The van der Waals surface area contributed by atoms with Gasteiger partial charge in [0.1, 0.15) is 5.75 Å². The van der Waals surface area contributed by atoms with Crippen LogP contribution in [-0.4, -0.2) is 64.4 Å². The second-order valence-corrected chi connectivity index (χ2v) is 4.67. The maximum Gasteiger partial charge on any atom is 0.446 e. The quantitative estimate of drug-likeness (QED) is 0.649. The summed E-state index contributed by atoms with van der Waals surface area (Å²) >= 11 is 0. The van der Waals surface area contributed by atoms with Gasteiger partial charge in [-0.2, -0.15) is 8.42 Å². The third-order valence-corrected chi connectivity index (χ3v) is 2.92. The molecule has 0 aromatic heterocycles. The predicted molar refractivity (Wildman–Crippen MR) is 61.0 cm³/mol. The summed E-state index contributed by atoms with van der Waals surface area (Å²) in [5.41, 5.74) is 2.35. The number of hydrogen-bond acceptors (Lipinski definition) is 3. The Bertz CT molecular complexity index is 470. The first-order valence-corrected chi connectivity index (χ1v) is 6.20. The van der Waals surface area contributed by atoms with E-state index in [0.717, 1.165) is 24.8 Å². The molecule has 16 heavy (non-hydrogen) atoms. The molecule has 0 fully saturated rings. The Morgan fingerprint density at radius 2 is 1.75 bits per heavy atom. The summed E-state index contributed by atoms with van der Waals surface area (Å²) in [6, 6.07) is 5.11. The summed E-state index contributed by atoms with van der Waals surface area (Å²) in [6.07, 6.45) is 4.26. The molecule has 1 aromatic carbocycles. The Morgan fingerprint density at radius 1 is 1.12 bits per heavy atom. The molecule has 1 radical (unpaired) electrons. The molecule has 1 N–H and O–H groups in total. The van der Waals surface area contributed by atoms with E-state index in [4.69, 9.17) is 4.55 Å². The fraction of sp³-hybridized carbons (Fsp3) is 0.400. The Hall–Kier alpha value is 0.566. The van der Waals surface area contributed by atoms with Gasteiger partial charge in [0.15, 0.2) is 0 Å². The molecular formula is C10H12KO4S. The van der Waals surface area contributed by atoms with Crippen LogP contribution in [0.1, 0.15) is 24.0 Å². The van der Waals surface area contributed by atoms with E-state index in [9.17, 15) is 8.42 Å². The molecule has 0 amide bonds. The number of aryl methyl sites for hydroxylation is 2. The van der Waals surface area contributed by atoms with Gasteiger partial charge in [-0.15, -0.1) is 0 Å². The van der Waals surface area contributed by atoms with Crippen molar-refractivity contribution in [3.8, 4) is 5.75 Å². The van der Waals surface area contributed by atoms with Crippen LogP contribution in [0.5, 0.6) is 5.75 Å². The van der Waals surface area contributed by atoms with E-state index in [-0.39, 0.29) is 57.1 Å². The normalized spacial score (nSPS) is 14.8. The minimum Gasteiger partial charge on any atom is -0.362 e. The Morgan fingerprint density at radius 3 is 2.38 bits per heavy atom. The number of rotatable bonds is 2. The first-order chi connectivity index (χ1) is 7.04. The molecule has 2 rings (SSSR count). The van der Waals surface area contributed by atoms with Gasteiger partial charge in [0.05, 0.1) is 0 Å². The molecule has 0 spiro atoms. The van der Waals surface area contributed by atoms with E-state index in [2.05, 4.69) is 4.18 Å². The number of fused-ring (bicyclic) bond motifs is 1. The minimum atomic E-state index is -4.40. The van der Waals surface area contributed by atoms with E-state index >= 15 is 0 Å². The average Bonchev–Trinajstić information content (AvgIpc) is 2.15. The van der Waals surface area contributed by atoms with E-state index < -0.39 is 10.4 Å². The smallest absolute Gasteiger partial charge is 0.362 e. The van der Waals surface area contributed by atoms with Crippen LogP contribution < -0.4 is 4.18 Å². The third-order valence-electron chi connectivity index (χ3n) is 2.52. The topological polar surface area (TPSA) is 63.6 Å². The molecule has 0 unspecified atom stereocenters. The van der Waals surface area contributed by atoms with Crippen LogP contribution in [0.2, 0.25) is 0 Å². The van der Waals surface area contributed by atoms with Crippen molar-refractivity contribution in [3.63, 3.8) is 0 Å². The number of benzene rings is 1. The van der Waals surface area contributed by atoms with Gasteiger partial charge >= 0.3 is 10.4 Å². The maximum atomic E-state index is 10.5. The molecule has 0 saturated carbocycles. The summed E-state index contributed by atoms with van der Waals surface area (Å²) < 4.78 is 33.9. The first-order valence-electron chi connectivity index (χ1n) is 4.83. The minimum absolute atomic E-state index is 0. The molecule has 6 heteroatoms. The molecular weight excluding hydrogens is 255 g/mol. The predicted octanol–water partition coefficient (Wildman–Crippen LogP) is 1.37. The second kappa shape index (κ2) is 5.95. The third kappa shape index (κ3) is 4.10. The van der Waals surface area contributed by atoms with E-state index in [1.54, 1.807) is 12.1 Å². The first kappa shape index (κ1) is 14.6. The van der Waals surface area contributed by atoms with Gasteiger partial charge in [-0.1, -0.05) is 6.07 Å². The van der Waals surface area contributed by atoms with Gasteiger partial charge < -0.3 is 4.18 Å². The van der Waals surface area contributed by atoms with Gasteiger partial charge in [-0.25, -0.2) is 0 Å². The number of hydrogen-bond donors (Lipinski definition) is 1. The zero-order valence-corrected chi connectivity index (χ0v) is 13.1. The standard InChI is InChI=1S/C10H12O4S.K/c11-15(12,13)14-10-6-5-8-3-1-2-4-9(8)7-10;/h5-7H,1-4H2,(H,11,12,13);. The van der Waals surface area contributed by atoms with Crippen molar-refractivity contribution in [2.75, 3.05) is 0 Å². The molecule has 0 atom stereocenters. The van der Waals surface area contributed by atoms with Crippen LogP contribution in [0, 0.1) is 0 Å². The molecule has 0 aliphatic heterocycles. The average molecular weight is 267 g/mol. The van der Waals surface area contributed by atoms with Gasteiger partial charge in [0.2, 0.25) is 0 Å². The second-order valence-electron chi connectivity index (χ2n) is 3.65. The Kier molecular flexibility index (Phi) is 5.44. The van der Waals surface area contributed by atoms with Gasteiger partial charge in [-0.3, -0.25) is 4.55 Å². The Balaban J connectivity index is 0.00000128. The van der Waals surface area contributed by atoms with Crippen LogP contribution in [0.25, 0.3) is 0 Å². The fourth-order valence-electron chi connectivity index (χ4n) is 1.88. The molecule has 1 aliphatic carbocycles. The Labute approximate surface area is 138 Å². The van der Waals surface area contributed by atoms with Crippen molar-refractivity contribution in [1.82, 2.24) is 0 Å². The van der Waals surface area contributed by atoms with E-state index in [1.165, 1.54) is 12.0 Å². The summed E-state index contributed by atoms with van der Waals surface area (Å²) in [4.78, 5) is 0. The fourth-order valence-corrected chi connectivity index (χ4v) is 2.23. The molecule has 83 valence electrons. The van der Waals surface area contributed by atoms with Crippen molar-refractivity contribution < 1.29 is 17.2 Å². The molecule has 1 aromatic rings. The zero-order valence-electron chi connectivity index (χ0n) is 9.14. The van der Waals surface area contributed by atoms with Crippen LogP contribution in [0.4, 0.5) is 0 Å². The van der Waals surface area contributed by atoms with Crippen LogP contribution in [0.15, 0.2) is 18.2 Å². The van der Waals surface area contributed by atoms with Crippen LogP contribution >= 0.6 is 0 Å². The summed E-state index contributed by atoms with van der Waals surface area (Å²) in [5.74, 6) is 0.179. The summed E-state index contributed by atoms with van der Waals surface area (Å²) in [6.45, 7) is 0.